The molecule has 0 N–H and O–H groups in total. The Morgan fingerprint density at radius 1 is 0.800 bits per heavy atom. The van der Waals surface area contributed by atoms with Gasteiger partial charge in [-0.25, -0.2) is 0 Å². The normalized spacial score (nSPS) is 7.20. The molecule has 0 saturated carbocycles. The molecule has 0 radical (unpaired) electrons. The van der Waals surface area contributed by atoms with E-state index in [1.54, 1.807) is 0 Å². The van der Waals surface area contributed by atoms with E-state index in [-0.39, 0.29) is 29.7 Å². The van der Waals surface area contributed by atoms with Gasteiger partial charge in [-0.1, -0.05) is 29.7 Å². The number of rotatable bonds is 1. The van der Waals surface area contributed by atoms with Gasteiger partial charge in [-0.2, -0.15) is 0 Å². The van der Waals surface area contributed by atoms with Gasteiger partial charge in [-0.15, -0.1) is 0 Å². The molecule has 0 atom stereocenters. The van der Waals surface area contributed by atoms with E-state index < -0.39 is 0 Å². The highest BCUT2D eigenvalue weighted by atomic mass is 15.3. The second-order valence-electron chi connectivity index (χ2n) is 2.61. The third-order valence-electron chi connectivity index (χ3n) is 0.949. The van der Waals surface area contributed by atoms with Gasteiger partial charge in [-0.05, 0) is 6.92 Å². The van der Waals surface area contributed by atoms with Gasteiger partial charge in [0, 0.05) is 0 Å². The lowest BCUT2D eigenvalue weighted by molar-refractivity contribution is -0.868. The molecule has 10 heavy (non-hydrogen) atoms. The van der Waals surface area contributed by atoms with E-state index in [1.807, 2.05) is 0 Å². The zero-order valence-electron chi connectivity index (χ0n) is 5.15. The Morgan fingerprint density at radius 3 is 0.900 bits per heavy atom. The first kappa shape index (κ1) is 32.5. The molecule has 0 unspecified atom stereocenters. The lowest BCUT2D eigenvalue weighted by Crippen LogP contribution is -2.33. The number of hydrogen-bond donors (Lipinski definition) is 0. The van der Waals surface area contributed by atoms with Gasteiger partial charge < -0.3 is 4.48 Å². The van der Waals surface area contributed by atoms with Crippen LogP contribution >= 0.6 is 0 Å². The highest BCUT2D eigenvalue weighted by molar-refractivity contribution is 4.06. The van der Waals surface area contributed by atoms with Crippen LogP contribution in [0.15, 0.2) is 0 Å². The van der Waals surface area contributed by atoms with Crippen molar-refractivity contribution in [2.45, 2.75) is 36.6 Å². The van der Waals surface area contributed by atoms with Crippen LogP contribution in [0, 0.1) is 0 Å². The number of nitrogens with zero attached hydrogens (tertiary/aromatic N) is 1. The molecule has 1 heteroatoms. The number of quaternary nitrogens is 1. The summed E-state index contributed by atoms with van der Waals surface area (Å²) in [7, 11) is 6.54. The summed E-state index contributed by atoms with van der Waals surface area (Å²) in [6.07, 6.45) is 0. The standard InChI is InChI=1S/C5H14N.4CH4/c1-5-6(2,3)4;;;;/h5H2,1-4H3;4*1H4/q+1;;;;. The molecular weight excluding hydrogens is 122 g/mol. The summed E-state index contributed by atoms with van der Waals surface area (Å²) >= 11 is 0. The van der Waals surface area contributed by atoms with Crippen LogP contribution in [0.25, 0.3) is 0 Å². The van der Waals surface area contributed by atoms with Crippen LogP contribution in [-0.4, -0.2) is 32.2 Å². The van der Waals surface area contributed by atoms with Crippen molar-refractivity contribution in [1.82, 2.24) is 0 Å². The molecule has 0 aliphatic heterocycles. The second kappa shape index (κ2) is 11.7. The largest absolute Gasteiger partial charge is 0.331 e. The fourth-order valence-corrected chi connectivity index (χ4v) is 0. The Labute approximate surface area is 69.7 Å². The molecule has 70 valence electrons. The Morgan fingerprint density at radius 2 is 0.900 bits per heavy atom. The Bertz CT molecular complexity index is 34.5. The molecule has 0 amide bonds. The highest BCUT2D eigenvalue weighted by Gasteiger charge is 1.97. The molecular formula is C9H30N+. The minimum Gasteiger partial charge on any atom is -0.331 e. The molecule has 0 aromatic rings. The van der Waals surface area contributed by atoms with Crippen molar-refractivity contribution in [2.75, 3.05) is 27.7 Å². The summed E-state index contributed by atoms with van der Waals surface area (Å²) in [5, 5.41) is 0. The van der Waals surface area contributed by atoms with E-state index in [0.29, 0.717) is 0 Å². The molecule has 0 aliphatic rings. The van der Waals surface area contributed by atoms with Crippen LogP contribution in [0.5, 0.6) is 0 Å². The third-order valence-corrected chi connectivity index (χ3v) is 0.949. The fraction of sp³-hybridized carbons (Fsp3) is 1.00. The summed E-state index contributed by atoms with van der Waals surface area (Å²) in [5.74, 6) is 0. The smallest absolute Gasteiger partial charge is 0.0751 e. The van der Waals surface area contributed by atoms with Crippen LogP contribution in [0.2, 0.25) is 0 Å². The quantitative estimate of drug-likeness (QED) is 0.506. The zero-order valence-corrected chi connectivity index (χ0v) is 5.15. The van der Waals surface area contributed by atoms with Crippen LogP contribution in [-0.2, 0) is 0 Å². The lowest BCUT2D eigenvalue weighted by atomic mass is 10.6. The molecule has 0 heterocycles. The van der Waals surface area contributed by atoms with Crippen LogP contribution in [0.3, 0.4) is 0 Å². The summed E-state index contributed by atoms with van der Waals surface area (Å²) in [6, 6.07) is 0. The summed E-state index contributed by atoms with van der Waals surface area (Å²) in [5.41, 5.74) is 0. The Balaban J connectivity index is -0.0000000208. The minimum absolute atomic E-state index is 0. The molecule has 0 aromatic heterocycles. The maximum Gasteiger partial charge on any atom is 0.0751 e. The van der Waals surface area contributed by atoms with Gasteiger partial charge in [-0.3, -0.25) is 0 Å². The maximum atomic E-state index is 2.18. The van der Waals surface area contributed by atoms with E-state index in [0.717, 1.165) is 4.48 Å². The van der Waals surface area contributed by atoms with Gasteiger partial charge in [0.25, 0.3) is 0 Å². The van der Waals surface area contributed by atoms with E-state index >= 15 is 0 Å². The summed E-state index contributed by atoms with van der Waals surface area (Å²) in [4.78, 5) is 0. The molecule has 0 aromatic carbocycles. The Hall–Kier alpha value is -0.0400. The van der Waals surface area contributed by atoms with E-state index in [4.69, 9.17) is 0 Å². The van der Waals surface area contributed by atoms with Crippen LogP contribution in [0.1, 0.15) is 36.6 Å². The highest BCUT2D eigenvalue weighted by Crippen LogP contribution is 1.83. The molecule has 0 fully saturated rings. The van der Waals surface area contributed by atoms with E-state index in [1.165, 1.54) is 6.54 Å². The monoisotopic (exact) mass is 152 g/mol. The van der Waals surface area contributed by atoms with Crippen molar-refractivity contribution in [1.29, 1.82) is 0 Å². The SMILES string of the molecule is C.C.C.C.CC[N+](C)(C)C. The predicted octanol–water partition coefficient (Wildman–Crippen LogP) is 3.26. The van der Waals surface area contributed by atoms with Crippen molar-refractivity contribution < 1.29 is 4.48 Å². The first-order valence-electron chi connectivity index (χ1n) is 2.36. The van der Waals surface area contributed by atoms with Crippen molar-refractivity contribution in [3.63, 3.8) is 0 Å². The van der Waals surface area contributed by atoms with Gasteiger partial charge >= 0.3 is 0 Å². The predicted molar refractivity (Wildman–Crippen MR) is 55.5 cm³/mol. The topological polar surface area (TPSA) is 0 Å². The first-order chi connectivity index (χ1) is 2.56. The van der Waals surface area contributed by atoms with Crippen molar-refractivity contribution in [3.8, 4) is 0 Å². The molecule has 0 aliphatic carbocycles. The molecule has 0 bridgehead atoms. The van der Waals surface area contributed by atoms with Crippen LogP contribution in [0.4, 0.5) is 0 Å². The van der Waals surface area contributed by atoms with Crippen molar-refractivity contribution in [2.24, 2.45) is 0 Å². The van der Waals surface area contributed by atoms with E-state index in [9.17, 15) is 0 Å². The minimum atomic E-state index is 0. The summed E-state index contributed by atoms with van der Waals surface area (Å²) < 4.78 is 1.07. The average Bonchev–Trinajstić information content (AvgIpc) is 1.35. The average molecular weight is 152 g/mol. The molecule has 0 rings (SSSR count). The molecule has 1 nitrogen and oxygen atoms in total. The number of hydrogen-bond acceptors (Lipinski definition) is 0. The second-order valence-corrected chi connectivity index (χ2v) is 2.61. The van der Waals surface area contributed by atoms with Gasteiger partial charge in [0.15, 0.2) is 0 Å². The van der Waals surface area contributed by atoms with Gasteiger partial charge in [0.05, 0.1) is 27.7 Å². The molecule has 0 saturated heterocycles. The van der Waals surface area contributed by atoms with Crippen LogP contribution < -0.4 is 0 Å². The third kappa shape index (κ3) is 44.0. The van der Waals surface area contributed by atoms with Gasteiger partial charge in [0.2, 0.25) is 0 Å². The van der Waals surface area contributed by atoms with Crippen molar-refractivity contribution in [3.05, 3.63) is 0 Å². The first-order valence-corrected chi connectivity index (χ1v) is 2.36. The zero-order chi connectivity index (χ0) is 5.21. The van der Waals surface area contributed by atoms with Crippen molar-refractivity contribution >= 4 is 0 Å². The fourth-order valence-electron chi connectivity index (χ4n) is 0. The maximum absolute atomic E-state index is 2.18. The van der Waals surface area contributed by atoms with E-state index in [2.05, 4.69) is 28.1 Å². The lowest BCUT2D eigenvalue weighted by Gasteiger charge is -2.20. The van der Waals surface area contributed by atoms with Gasteiger partial charge in [0.1, 0.15) is 0 Å². The Kier molecular flexibility index (Phi) is 38.1. The molecule has 0 spiro atoms. The summed E-state index contributed by atoms with van der Waals surface area (Å²) in [6.45, 7) is 3.39.